The molecule has 0 aliphatic heterocycles. The number of amides is 1. The quantitative estimate of drug-likeness (QED) is 0.670. The smallest absolute Gasteiger partial charge is 0.236 e. The molecule has 0 unspecified atom stereocenters. The summed E-state index contributed by atoms with van der Waals surface area (Å²) >= 11 is 3.25. The average Bonchev–Trinajstić information content (AvgIpc) is 2.25. The summed E-state index contributed by atoms with van der Waals surface area (Å²) in [6, 6.07) is 5.75. The minimum absolute atomic E-state index is 0.0970. The van der Waals surface area contributed by atoms with Crippen molar-refractivity contribution in [2.45, 2.75) is 18.2 Å². The molecule has 17 heavy (non-hydrogen) atoms. The molecule has 1 N–H and O–H groups in total. The van der Waals surface area contributed by atoms with Crippen molar-refractivity contribution in [2.75, 3.05) is 13.2 Å². The molecule has 94 valence electrons. The molecule has 1 rings (SSSR count). The van der Waals surface area contributed by atoms with E-state index in [-0.39, 0.29) is 11.7 Å². The number of hydrogen-bond acceptors (Lipinski definition) is 2. The molecular weight excluding hydrogens is 289 g/mol. The first-order chi connectivity index (χ1) is 7.89. The van der Waals surface area contributed by atoms with Gasteiger partial charge in [0.15, 0.2) is 0 Å². The summed E-state index contributed by atoms with van der Waals surface area (Å²) < 4.78 is 17.3. The molecule has 0 saturated carbocycles. The second kappa shape index (κ2) is 6.00. The Morgan fingerprint density at radius 1 is 1.41 bits per heavy atom. The van der Waals surface area contributed by atoms with Crippen molar-refractivity contribution in [1.29, 1.82) is 0 Å². The predicted octanol–water partition coefficient (Wildman–Crippen LogP) is 2.49. The molecule has 0 saturated heterocycles. The molecule has 0 aromatic heterocycles. The fourth-order valence-electron chi connectivity index (χ4n) is 1.07. The van der Waals surface area contributed by atoms with Crippen molar-refractivity contribution in [2.24, 2.45) is 0 Å². The summed E-state index contributed by atoms with van der Waals surface area (Å²) in [4.78, 5) is 11.5. The largest absolute Gasteiger partial charge is 0.492 e. The van der Waals surface area contributed by atoms with E-state index in [1.165, 1.54) is 12.1 Å². The number of nitrogens with one attached hydrogen (secondary N) is 1. The van der Waals surface area contributed by atoms with Crippen LogP contribution in [0.2, 0.25) is 0 Å². The molecule has 3 nitrogen and oxygen atoms in total. The van der Waals surface area contributed by atoms with Crippen LogP contribution in [-0.4, -0.2) is 23.4 Å². The molecule has 1 aromatic rings. The Kier molecular flexibility index (Phi) is 4.93. The molecule has 0 radical (unpaired) electrons. The number of ether oxygens (including phenoxy) is 1. The van der Waals surface area contributed by atoms with Gasteiger partial charge in [0.1, 0.15) is 18.2 Å². The zero-order valence-electron chi connectivity index (χ0n) is 9.80. The van der Waals surface area contributed by atoms with E-state index in [4.69, 9.17) is 4.74 Å². The van der Waals surface area contributed by atoms with E-state index < -0.39 is 4.32 Å². The molecule has 0 heterocycles. The lowest BCUT2D eigenvalue weighted by Gasteiger charge is -2.15. The zero-order valence-corrected chi connectivity index (χ0v) is 11.4. The van der Waals surface area contributed by atoms with Gasteiger partial charge in [-0.1, -0.05) is 15.9 Å². The van der Waals surface area contributed by atoms with Crippen molar-refractivity contribution < 1.29 is 13.9 Å². The first kappa shape index (κ1) is 14.0. The van der Waals surface area contributed by atoms with E-state index in [0.29, 0.717) is 18.9 Å². The van der Waals surface area contributed by atoms with Crippen molar-refractivity contribution in [3.63, 3.8) is 0 Å². The van der Waals surface area contributed by atoms with Gasteiger partial charge in [0.05, 0.1) is 10.9 Å². The highest BCUT2D eigenvalue weighted by molar-refractivity contribution is 9.10. The third-order valence-electron chi connectivity index (χ3n) is 2.01. The van der Waals surface area contributed by atoms with Gasteiger partial charge < -0.3 is 10.1 Å². The molecular formula is C12H15BrFNO2. The van der Waals surface area contributed by atoms with Crippen LogP contribution in [0.25, 0.3) is 0 Å². The maximum Gasteiger partial charge on any atom is 0.236 e. The Bertz CT molecular complexity index is 373. The lowest BCUT2D eigenvalue weighted by molar-refractivity contribution is -0.122. The highest BCUT2D eigenvalue weighted by atomic mass is 79.9. The fourth-order valence-corrected chi connectivity index (χ4v) is 1.21. The first-order valence-electron chi connectivity index (χ1n) is 5.25. The van der Waals surface area contributed by atoms with Gasteiger partial charge in [-0.15, -0.1) is 0 Å². The average molecular weight is 304 g/mol. The van der Waals surface area contributed by atoms with Crippen LogP contribution in [0.1, 0.15) is 13.8 Å². The maximum absolute atomic E-state index is 12.6. The van der Waals surface area contributed by atoms with Crippen molar-refractivity contribution >= 4 is 21.8 Å². The highest BCUT2D eigenvalue weighted by Gasteiger charge is 2.22. The number of carbonyl (C=O) groups excluding carboxylic acids is 1. The second-order valence-electron chi connectivity index (χ2n) is 4.03. The lowest BCUT2D eigenvalue weighted by Crippen LogP contribution is -2.39. The van der Waals surface area contributed by atoms with Crippen LogP contribution in [-0.2, 0) is 4.79 Å². The van der Waals surface area contributed by atoms with Crippen LogP contribution < -0.4 is 10.1 Å². The van der Waals surface area contributed by atoms with Gasteiger partial charge in [0, 0.05) is 0 Å². The van der Waals surface area contributed by atoms with Gasteiger partial charge in [-0.05, 0) is 38.1 Å². The van der Waals surface area contributed by atoms with Gasteiger partial charge in [-0.2, -0.15) is 0 Å². The summed E-state index contributed by atoms with van der Waals surface area (Å²) in [5.41, 5.74) is 0. The lowest BCUT2D eigenvalue weighted by atomic mass is 10.2. The number of carbonyl (C=O) groups is 1. The van der Waals surface area contributed by atoms with Gasteiger partial charge in [0.2, 0.25) is 5.91 Å². The number of halogens is 2. The SMILES string of the molecule is CC(C)(Br)C(=O)NCCOc1ccc(F)cc1. The molecule has 0 aliphatic rings. The molecule has 1 amide bonds. The zero-order chi connectivity index (χ0) is 12.9. The van der Waals surface area contributed by atoms with E-state index >= 15 is 0 Å². The first-order valence-corrected chi connectivity index (χ1v) is 6.04. The van der Waals surface area contributed by atoms with E-state index in [9.17, 15) is 9.18 Å². The van der Waals surface area contributed by atoms with Gasteiger partial charge >= 0.3 is 0 Å². The standard InChI is InChI=1S/C12H15BrFNO2/c1-12(2,13)11(16)15-7-8-17-10-5-3-9(14)4-6-10/h3-6H,7-8H2,1-2H3,(H,15,16). The summed E-state index contributed by atoms with van der Waals surface area (Å²) in [6.07, 6.45) is 0. The Labute approximate surface area is 108 Å². The van der Waals surface area contributed by atoms with Gasteiger partial charge in [-0.25, -0.2) is 4.39 Å². The van der Waals surface area contributed by atoms with Crippen molar-refractivity contribution in [1.82, 2.24) is 5.32 Å². The molecule has 0 spiro atoms. The molecule has 0 fully saturated rings. The van der Waals surface area contributed by atoms with Crippen molar-refractivity contribution in [3.05, 3.63) is 30.1 Å². The highest BCUT2D eigenvalue weighted by Crippen LogP contribution is 2.15. The Hall–Kier alpha value is -1.10. The number of hydrogen-bond donors (Lipinski definition) is 1. The van der Waals surface area contributed by atoms with Crippen LogP contribution in [0.5, 0.6) is 5.75 Å². The maximum atomic E-state index is 12.6. The topological polar surface area (TPSA) is 38.3 Å². The van der Waals surface area contributed by atoms with Gasteiger partial charge in [0.25, 0.3) is 0 Å². The molecule has 0 atom stereocenters. The molecule has 5 heteroatoms. The summed E-state index contributed by atoms with van der Waals surface area (Å²) in [5, 5.41) is 2.72. The Morgan fingerprint density at radius 3 is 2.53 bits per heavy atom. The van der Waals surface area contributed by atoms with Crippen LogP contribution >= 0.6 is 15.9 Å². The Balaban J connectivity index is 2.25. The van der Waals surface area contributed by atoms with E-state index in [0.717, 1.165) is 0 Å². The fraction of sp³-hybridized carbons (Fsp3) is 0.417. The van der Waals surface area contributed by atoms with E-state index in [2.05, 4.69) is 21.2 Å². The van der Waals surface area contributed by atoms with E-state index in [1.807, 2.05) is 0 Å². The predicted molar refractivity (Wildman–Crippen MR) is 67.9 cm³/mol. The van der Waals surface area contributed by atoms with Crippen LogP contribution in [0.3, 0.4) is 0 Å². The van der Waals surface area contributed by atoms with Crippen LogP contribution in [0, 0.1) is 5.82 Å². The summed E-state index contributed by atoms with van der Waals surface area (Å²) in [7, 11) is 0. The minimum atomic E-state index is -0.580. The second-order valence-corrected chi connectivity index (χ2v) is 6.01. The summed E-state index contributed by atoms with van der Waals surface area (Å²) in [6.45, 7) is 4.29. The molecule has 1 aromatic carbocycles. The van der Waals surface area contributed by atoms with Crippen molar-refractivity contribution in [3.8, 4) is 5.75 Å². The van der Waals surface area contributed by atoms with E-state index in [1.54, 1.807) is 26.0 Å². The Morgan fingerprint density at radius 2 is 2.00 bits per heavy atom. The monoisotopic (exact) mass is 303 g/mol. The number of benzene rings is 1. The third-order valence-corrected chi connectivity index (χ3v) is 2.37. The number of rotatable bonds is 5. The molecule has 0 bridgehead atoms. The minimum Gasteiger partial charge on any atom is -0.492 e. The molecule has 0 aliphatic carbocycles. The summed E-state index contributed by atoms with van der Waals surface area (Å²) in [5.74, 6) is 0.186. The van der Waals surface area contributed by atoms with Crippen LogP contribution in [0.15, 0.2) is 24.3 Å². The van der Waals surface area contributed by atoms with Crippen LogP contribution in [0.4, 0.5) is 4.39 Å². The third kappa shape index (κ3) is 5.17. The number of alkyl halides is 1. The normalized spacial score (nSPS) is 11.1. The van der Waals surface area contributed by atoms with Gasteiger partial charge in [-0.3, -0.25) is 4.79 Å².